The molecule has 1 aliphatic heterocycles. The van der Waals surface area contributed by atoms with E-state index in [4.69, 9.17) is 4.74 Å². The van der Waals surface area contributed by atoms with Gasteiger partial charge in [0.05, 0.1) is 23.4 Å². The van der Waals surface area contributed by atoms with Crippen LogP contribution in [0.4, 0.5) is 5.82 Å². The van der Waals surface area contributed by atoms with Crippen LogP contribution in [0.2, 0.25) is 0 Å². The maximum absolute atomic E-state index is 12.3. The zero-order chi connectivity index (χ0) is 22.8. The first-order valence-electron chi connectivity index (χ1n) is 11.1. The molecule has 0 unspecified atom stereocenters. The highest BCUT2D eigenvalue weighted by molar-refractivity contribution is 6.06. The SMILES string of the molecule is CNC(=O)c1ccnc2c([C@H](C)CNc3cc(-c4ccc5c(c4)CCO5)ncn3)cccc12. The fourth-order valence-electron chi connectivity index (χ4n) is 4.25. The fourth-order valence-corrected chi connectivity index (χ4v) is 4.25. The summed E-state index contributed by atoms with van der Waals surface area (Å²) < 4.78 is 5.60. The average molecular weight is 440 g/mol. The lowest BCUT2D eigenvalue weighted by atomic mass is 9.96. The number of fused-ring (bicyclic) bond motifs is 2. The number of hydrogen-bond donors (Lipinski definition) is 2. The highest BCUT2D eigenvalue weighted by atomic mass is 16.5. The first-order chi connectivity index (χ1) is 16.1. The topological polar surface area (TPSA) is 89.0 Å². The molecule has 2 aromatic carbocycles. The number of carbonyl (C=O) groups excluding carboxylic acids is 1. The van der Waals surface area contributed by atoms with E-state index in [0.29, 0.717) is 12.1 Å². The first kappa shape index (κ1) is 20.9. The monoisotopic (exact) mass is 439 g/mol. The summed E-state index contributed by atoms with van der Waals surface area (Å²) >= 11 is 0. The second-order valence-electron chi connectivity index (χ2n) is 8.17. The Balaban J connectivity index is 1.36. The van der Waals surface area contributed by atoms with Crippen LogP contribution in [0.25, 0.3) is 22.2 Å². The van der Waals surface area contributed by atoms with Crippen molar-refractivity contribution in [1.82, 2.24) is 20.3 Å². The second-order valence-corrected chi connectivity index (χ2v) is 8.17. The molecule has 0 spiro atoms. The van der Waals surface area contributed by atoms with Gasteiger partial charge in [0.1, 0.15) is 17.9 Å². The van der Waals surface area contributed by atoms with Crippen LogP contribution in [0.15, 0.2) is 61.1 Å². The smallest absolute Gasteiger partial charge is 0.251 e. The lowest BCUT2D eigenvalue weighted by Gasteiger charge is -2.16. The van der Waals surface area contributed by atoms with E-state index in [1.54, 1.807) is 25.6 Å². The summed E-state index contributed by atoms with van der Waals surface area (Å²) in [4.78, 5) is 25.7. The number of pyridine rings is 1. The van der Waals surface area contributed by atoms with Crippen LogP contribution in [0.5, 0.6) is 5.75 Å². The molecule has 4 aromatic rings. The molecule has 5 rings (SSSR count). The summed E-state index contributed by atoms with van der Waals surface area (Å²) in [6.45, 7) is 3.54. The fraction of sp³-hybridized carbons (Fsp3) is 0.231. The van der Waals surface area contributed by atoms with Crippen LogP contribution < -0.4 is 15.4 Å². The molecule has 0 radical (unpaired) electrons. The molecule has 0 saturated heterocycles. The maximum atomic E-state index is 12.3. The van der Waals surface area contributed by atoms with E-state index in [1.165, 1.54) is 5.56 Å². The Morgan fingerprint density at radius 1 is 1.12 bits per heavy atom. The number of para-hydroxylation sites is 1. The van der Waals surface area contributed by atoms with Crippen LogP contribution in [0, 0.1) is 0 Å². The number of nitrogens with zero attached hydrogens (tertiary/aromatic N) is 3. The third-order valence-corrected chi connectivity index (χ3v) is 6.05. The number of nitrogens with one attached hydrogen (secondary N) is 2. The molecule has 1 amide bonds. The Bertz CT molecular complexity index is 1340. The molecule has 0 saturated carbocycles. The minimum atomic E-state index is -0.114. The number of ether oxygens (including phenoxy) is 1. The number of rotatable bonds is 6. The summed E-state index contributed by atoms with van der Waals surface area (Å²) in [6, 6.07) is 15.9. The predicted octanol–water partition coefficient (Wildman–Crippen LogP) is 4.20. The van der Waals surface area contributed by atoms with Crippen molar-refractivity contribution in [3.8, 4) is 17.0 Å². The zero-order valence-corrected chi connectivity index (χ0v) is 18.6. The number of anilines is 1. The van der Waals surface area contributed by atoms with E-state index in [2.05, 4.69) is 44.6 Å². The summed E-state index contributed by atoms with van der Waals surface area (Å²) in [6.07, 6.45) is 4.20. The molecular formula is C26H25N5O2. The molecule has 0 fully saturated rings. The molecule has 3 heterocycles. The predicted molar refractivity (Wildman–Crippen MR) is 129 cm³/mol. The summed E-state index contributed by atoms with van der Waals surface area (Å²) in [5, 5.41) is 6.99. The first-order valence-corrected chi connectivity index (χ1v) is 11.1. The maximum Gasteiger partial charge on any atom is 0.251 e. The van der Waals surface area contributed by atoms with Crippen LogP contribution in [-0.4, -0.2) is 41.1 Å². The molecule has 2 aromatic heterocycles. The Morgan fingerprint density at radius 3 is 2.91 bits per heavy atom. The van der Waals surface area contributed by atoms with E-state index in [1.807, 2.05) is 30.3 Å². The molecule has 1 atom stereocenters. The van der Waals surface area contributed by atoms with Crippen molar-refractivity contribution in [2.75, 3.05) is 25.5 Å². The van der Waals surface area contributed by atoms with Gasteiger partial charge in [-0.3, -0.25) is 9.78 Å². The molecule has 1 aliphatic rings. The number of hydrogen-bond acceptors (Lipinski definition) is 6. The van der Waals surface area contributed by atoms with Gasteiger partial charge in [0.2, 0.25) is 0 Å². The van der Waals surface area contributed by atoms with Gasteiger partial charge in [-0.2, -0.15) is 0 Å². The van der Waals surface area contributed by atoms with Gasteiger partial charge >= 0.3 is 0 Å². The molecule has 0 aliphatic carbocycles. The van der Waals surface area contributed by atoms with E-state index in [9.17, 15) is 4.79 Å². The number of carbonyl (C=O) groups is 1. The van der Waals surface area contributed by atoms with Crippen molar-refractivity contribution in [3.63, 3.8) is 0 Å². The van der Waals surface area contributed by atoms with Crippen molar-refractivity contribution < 1.29 is 9.53 Å². The van der Waals surface area contributed by atoms with Gasteiger partial charge in [-0.05, 0) is 35.4 Å². The van der Waals surface area contributed by atoms with E-state index < -0.39 is 0 Å². The van der Waals surface area contributed by atoms with Gasteiger partial charge in [0.25, 0.3) is 5.91 Å². The van der Waals surface area contributed by atoms with Crippen molar-refractivity contribution in [3.05, 3.63) is 77.7 Å². The van der Waals surface area contributed by atoms with Gasteiger partial charge in [-0.15, -0.1) is 0 Å². The second kappa shape index (κ2) is 8.86. The average Bonchev–Trinajstić information content (AvgIpc) is 3.34. The molecule has 7 heteroatoms. The standard InChI is InChI=1S/C26H25N5O2/c1-16(19-4-3-5-20-21(26(32)27-2)8-10-28-25(19)20)14-29-24-13-22(30-15-31-24)17-6-7-23-18(12-17)9-11-33-23/h3-8,10,12-13,15-16H,9,11,14H2,1-2H3,(H,27,32)(H,29,30,31)/t16-/m1/s1. The largest absolute Gasteiger partial charge is 0.493 e. The molecule has 33 heavy (non-hydrogen) atoms. The lowest BCUT2D eigenvalue weighted by Crippen LogP contribution is -2.18. The van der Waals surface area contributed by atoms with Gasteiger partial charge in [0.15, 0.2) is 0 Å². The minimum absolute atomic E-state index is 0.114. The van der Waals surface area contributed by atoms with Crippen LogP contribution in [-0.2, 0) is 6.42 Å². The highest BCUT2D eigenvalue weighted by Crippen LogP contribution is 2.30. The van der Waals surface area contributed by atoms with Gasteiger partial charge < -0.3 is 15.4 Å². The molecule has 2 N–H and O–H groups in total. The Morgan fingerprint density at radius 2 is 2.03 bits per heavy atom. The molecule has 0 bridgehead atoms. The van der Waals surface area contributed by atoms with Crippen molar-refractivity contribution >= 4 is 22.6 Å². The van der Waals surface area contributed by atoms with Gasteiger partial charge in [0, 0.05) is 49.1 Å². The summed E-state index contributed by atoms with van der Waals surface area (Å²) in [7, 11) is 1.64. The quantitative estimate of drug-likeness (QED) is 0.468. The van der Waals surface area contributed by atoms with Crippen LogP contribution in [0.1, 0.15) is 34.3 Å². The van der Waals surface area contributed by atoms with E-state index in [0.717, 1.165) is 52.3 Å². The summed E-state index contributed by atoms with van der Waals surface area (Å²) in [5.41, 5.74) is 5.70. The van der Waals surface area contributed by atoms with Crippen LogP contribution in [0.3, 0.4) is 0 Å². The van der Waals surface area contributed by atoms with Crippen LogP contribution >= 0.6 is 0 Å². The van der Waals surface area contributed by atoms with Crippen molar-refractivity contribution in [1.29, 1.82) is 0 Å². The zero-order valence-electron chi connectivity index (χ0n) is 18.6. The third kappa shape index (κ3) is 4.09. The van der Waals surface area contributed by atoms with E-state index >= 15 is 0 Å². The molecule has 166 valence electrons. The van der Waals surface area contributed by atoms with Crippen molar-refractivity contribution in [2.24, 2.45) is 0 Å². The lowest BCUT2D eigenvalue weighted by molar-refractivity contribution is 0.0964. The Labute approximate surface area is 192 Å². The van der Waals surface area contributed by atoms with E-state index in [-0.39, 0.29) is 11.8 Å². The summed E-state index contributed by atoms with van der Waals surface area (Å²) in [5.74, 6) is 1.76. The van der Waals surface area contributed by atoms with Gasteiger partial charge in [-0.1, -0.05) is 25.1 Å². The highest BCUT2D eigenvalue weighted by Gasteiger charge is 2.16. The molecule has 7 nitrogen and oxygen atoms in total. The Kier molecular flexibility index (Phi) is 5.60. The minimum Gasteiger partial charge on any atom is -0.493 e. The Hall–Kier alpha value is -4.00. The third-order valence-electron chi connectivity index (χ3n) is 6.05. The number of aromatic nitrogens is 3. The van der Waals surface area contributed by atoms with Crippen molar-refractivity contribution in [2.45, 2.75) is 19.3 Å². The number of amides is 1. The normalized spacial score (nSPS) is 13.3. The van der Waals surface area contributed by atoms with Gasteiger partial charge in [-0.25, -0.2) is 9.97 Å². The molecular weight excluding hydrogens is 414 g/mol. The number of benzene rings is 2.